The number of alkyl halides is 3. The van der Waals surface area contributed by atoms with Crippen LogP contribution in [0, 0.1) is 0 Å². The second-order valence-corrected chi connectivity index (χ2v) is 11.3. The first-order chi connectivity index (χ1) is 18.6. The van der Waals surface area contributed by atoms with Crippen molar-refractivity contribution in [3.05, 3.63) is 101 Å². The third-order valence-electron chi connectivity index (χ3n) is 6.35. The van der Waals surface area contributed by atoms with Gasteiger partial charge in [-0.1, -0.05) is 72.3 Å². The van der Waals surface area contributed by atoms with Crippen LogP contribution < -0.4 is 4.31 Å². The number of piperazine rings is 1. The zero-order valence-corrected chi connectivity index (χ0v) is 22.5. The van der Waals surface area contributed by atoms with Gasteiger partial charge in [-0.3, -0.25) is 14.0 Å². The lowest BCUT2D eigenvalue weighted by Crippen LogP contribution is -2.51. The molecule has 0 radical (unpaired) electrons. The molecule has 0 aromatic heterocycles. The van der Waals surface area contributed by atoms with Crippen LogP contribution in [0.4, 0.5) is 18.9 Å². The summed E-state index contributed by atoms with van der Waals surface area (Å²) in [6.07, 6.45) is -0.671. The summed E-state index contributed by atoms with van der Waals surface area (Å²) in [6, 6.07) is 19.5. The summed E-state index contributed by atoms with van der Waals surface area (Å²) < 4.78 is 68.2. The molecule has 11 heteroatoms. The summed E-state index contributed by atoms with van der Waals surface area (Å²) in [7, 11) is -4.41. The molecule has 0 saturated carbocycles. The lowest BCUT2D eigenvalue weighted by atomic mass is 10.2. The number of rotatable bonds is 8. The molecule has 206 valence electrons. The van der Waals surface area contributed by atoms with Gasteiger partial charge in [-0.05, 0) is 35.9 Å². The molecule has 3 aromatic rings. The number of hydrogen-bond acceptors (Lipinski definition) is 4. The quantitative estimate of drug-likeness (QED) is 0.359. The number of nitrogens with zero attached hydrogens (tertiary/aromatic N) is 3. The SMILES string of the molecule is O=C(CN(c1cc(C(F)(F)F)ccc1Cl)S(=O)(=O)c1ccccc1)N1CCN(C/C=C/c2ccccc2)CC1. The highest BCUT2D eigenvalue weighted by Gasteiger charge is 2.35. The number of carbonyl (C=O) groups excluding carboxylic acids is 1. The molecule has 0 unspecified atom stereocenters. The molecule has 1 aliphatic heterocycles. The van der Waals surface area contributed by atoms with E-state index < -0.39 is 39.9 Å². The summed E-state index contributed by atoms with van der Waals surface area (Å²) in [5.41, 5.74) is -0.396. The monoisotopic (exact) mass is 577 g/mol. The third-order valence-corrected chi connectivity index (χ3v) is 8.44. The standard InChI is InChI=1S/C28H27ClF3N3O3S/c29-25-14-13-23(28(30,31)32)20-26(25)35(39(37,38)24-11-5-2-6-12-24)21-27(36)34-18-16-33(17-19-34)15-7-10-22-8-3-1-4-9-22/h1-14,20H,15-19,21H2/b10-7+. The van der Waals surface area contributed by atoms with Crippen LogP contribution in [0.1, 0.15) is 11.1 Å². The maximum Gasteiger partial charge on any atom is 0.416 e. The Morgan fingerprint density at radius 3 is 2.15 bits per heavy atom. The smallest absolute Gasteiger partial charge is 0.339 e. The van der Waals surface area contributed by atoms with Crippen LogP contribution in [-0.2, 0) is 21.0 Å². The average Bonchev–Trinajstić information content (AvgIpc) is 2.93. The minimum absolute atomic E-state index is 0.165. The summed E-state index contributed by atoms with van der Waals surface area (Å²) in [4.78, 5) is 16.8. The number of anilines is 1. The number of sulfonamides is 1. The van der Waals surface area contributed by atoms with Gasteiger partial charge < -0.3 is 4.90 Å². The molecule has 39 heavy (non-hydrogen) atoms. The molecule has 1 saturated heterocycles. The van der Waals surface area contributed by atoms with Gasteiger partial charge in [-0.25, -0.2) is 8.42 Å². The molecule has 0 aliphatic carbocycles. The number of hydrogen-bond donors (Lipinski definition) is 0. The first kappa shape index (κ1) is 28.7. The van der Waals surface area contributed by atoms with E-state index >= 15 is 0 Å². The zero-order valence-electron chi connectivity index (χ0n) is 20.9. The van der Waals surface area contributed by atoms with E-state index in [0.29, 0.717) is 43.1 Å². The highest BCUT2D eigenvalue weighted by molar-refractivity contribution is 7.92. The van der Waals surface area contributed by atoms with Crippen LogP contribution in [0.3, 0.4) is 0 Å². The Morgan fingerprint density at radius 1 is 0.923 bits per heavy atom. The van der Waals surface area contributed by atoms with E-state index in [9.17, 15) is 26.4 Å². The minimum Gasteiger partial charge on any atom is -0.339 e. The summed E-state index contributed by atoms with van der Waals surface area (Å²) >= 11 is 6.20. The number of amides is 1. The Kier molecular flexibility index (Phi) is 8.99. The molecule has 4 rings (SSSR count). The number of benzene rings is 3. The fraction of sp³-hybridized carbons (Fsp3) is 0.250. The fourth-order valence-electron chi connectivity index (χ4n) is 4.20. The van der Waals surface area contributed by atoms with Gasteiger partial charge in [0, 0.05) is 32.7 Å². The van der Waals surface area contributed by atoms with Gasteiger partial charge in [0.1, 0.15) is 6.54 Å². The third kappa shape index (κ3) is 7.20. The molecular weight excluding hydrogens is 551 g/mol. The predicted molar refractivity (Wildman–Crippen MR) is 146 cm³/mol. The molecule has 6 nitrogen and oxygen atoms in total. The maximum atomic E-state index is 13.6. The van der Waals surface area contributed by atoms with Crippen molar-refractivity contribution in [2.45, 2.75) is 11.1 Å². The molecular formula is C28H27ClF3N3O3S. The fourth-order valence-corrected chi connectivity index (χ4v) is 5.92. The molecule has 3 aromatic carbocycles. The van der Waals surface area contributed by atoms with Crippen molar-refractivity contribution >= 4 is 39.3 Å². The van der Waals surface area contributed by atoms with E-state index in [2.05, 4.69) is 4.90 Å². The van der Waals surface area contributed by atoms with Gasteiger partial charge in [-0.2, -0.15) is 13.2 Å². The maximum absolute atomic E-state index is 13.6. The predicted octanol–water partition coefficient (Wildman–Crippen LogP) is 5.41. The van der Waals surface area contributed by atoms with Crippen molar-refractivity contribution in [1.82, 2.24) is 9.80 Å². The molecule has 0 atom stereocenters. The van der Waals surface area contributed by atoms with Crippen molar-refractivity contribution in [1.29, 1.82) is 0 Å². The largest absolute Gasteiger partial charge is 0.416 e. The van der Waals surface area contributed by atoms with Gasteiger partial charge in [0.15, 0.2) is 0 Å². The van der Waals surface area contributed by atoms with E-state index in [1.165, 1.54) is 29.2 Å². The van der Waals surface area contributed by atoms with Crippen molar-refractivity contribution in [3.63, 3.8) is 0 Å². The molecule has 1 aliphatic rings. The normalized spacial score (nSPS) is 15.0. The number of carbonyl (C=O) groups is 1. The minimum atomic E-state index is -4.73. The van der Waals surface area contributed by atoms with E-state index in [4.69, 9.17) is 11.6 Å². The molecule has 1 amide bonds. The van der Waals surface area contributed by atoms with Gasteiger partial charge in [0.2, 0.25) is 5.91 Å². The Hall–Kier alpha value is -3.34. The van der Waals surface area contributed by atoms with Crippen molar-refractivity contribution in [2.24, 2.45) is 0 Å². The van der Waals surface area contributed by atoms with Crippen molar-refractivity contribution in [2.75, 3.05) is 43.6 Å². The van der Waals surface area contributed by atoms with Crippen LogP contribution in [-0.4, -0.2) is 63.4 Å². The van der Waals surface area contributed by atoms with Crippen LogP contribution in [0.2, 0.25) is 5.02 Å². The Bertz CT molecular complexity index is 1410. The Balaban J connectivity index is 1.51. The molecule has 1 fully saturated rings. The first-order valence-electron chi connectivity index (χ1n) is 12.2. The van der Waals surface area contributed by atoms with E-state index in [-0.39, 0.29) is 9.92 Å². The molecule has 0 spiro atoms. The molecule has 0 N–H and O–H groups in total. The van der Waals surface area contributed by atoms with Gasteiger partial charge >= 0.3 is 6.18 Å². The number of halogens is 4. The lowest BCUT2D eigenvalue weighted by Gasteiger charge is -2.35. The van der Waals surface area contributed by atoms with Crippen LogP contribution in [0.25, 0.3) is 6.08 Å². The highest BCUT2D eigenvalue weighted by Crippen LogP contribution is 2.37. The molecule has 0 bridgehead atoms. The molecule has 1 heterocycles. The Morgan fingerprint density at radius 2 is 1.54 bits per heavy atom. The van der Waals surface area contributed by atoms with Crippen molar-refractivity contribution in [3.8, 4) is 0 Å². The lowest BCUT2D eigenvalue weighted by molar-refractivity contribution is -0.137. The van der Waals surface area contributed by atoms with Crippen molar-refractivity contribution < 1.29 is 26.4 Å². The topological polar surface area (TPSA) is 60.9 Å². The zero-order chi connectivity index (χ0) is 28.0. The Labute approximate surface area is 231 Å². The second kappa shape index (κ2) is 12.2. The van der Waals surface area contributed by atoms with Gasteiger partial charge in [-0.15, -0.1) is 0 Å². The van der Waals surface area contributed by atoms with Gasteiger partial charge in [0.05, 0.1) is 21.2 Å². The van der Waals surface area contributed by atoms with E-state index in [1.54, 1.807) is 6.07 Å². The highest BCUT2D eigenvalue weighted by atomic mass is 35.5. The summed E-state index contributed by atoms with van der Waals surface area (Å²) in [5.74, 6) is -0.525. The van der Waals surface area contributed by atoms with Crippen LogP contribution in [0.5, 0.6) is 0 Å². The second-order valence-electron chi connectivity index (χ2n) is 8.98. The van der Waals surface area contributed by atoms with Crippen LogP contribution >= 0.6 is 11.6 Å². The summed E-state index contributed by atoms with van der Waals surface area (Å²) in [6.45, 7) is 1.85. The summed E-state index contributed by atoms with van der Waals surface area (Å²) in [5, 5.41) is -0.217. The van der Waals surface area contributed by atoms with E-state index in [0.717, 1.165) is 17.7 Å². The van der Waals surface area contributed by atoms with E-state index in [1.807, 2.05) is 42.5 Å². The van der Waals surface area contributed by atoms with Crippen LogP contribution in [0.15, 0.2) is 89.8 Å². The first-order valence-corrected chi connectivity index (χ1v) is 14.0. The van der Waals surface area contributed by atoms with Gasteiger partial charge in [0.25, 0.3) is 10.0 Å². The average molecular weight is 578 g/mol.